The monoisotopic (exact) mass is 448 g/mol. The second-order valence-electron chi connectivity index (χ2n) is 8.69. The standard InChI is InChI=1S/C26H28N2O5/c1-26(2,3)33-25(29)27-17-20-8-5-7-18(14-20)13-19-11-12-24(32-4)23(15-19)21-9-6-10-22(16-21)28(30)31/h5-12,14-16H,13,17H2,1-4H3,(H,27,29). The number of carbonyl (C=O) groups is 1. The molecule has 3 rings (SSSR count). The first-order valence-corrected chi connectivity index (χ1v) is 10.6. The van der Waals surface area contributed by atoms with Crippen LogP contribution in [0.3, 0.4) is 0 Å². The van der Waals surface area contributed by atoms with Crippen LogP contribution in [0.15, 0.2) is 66.7 Å². The van der Waals surface area contributed by atoms with Crippen molar-refractivity contribution in [3.05, 3.63) is 93.5 Å². The van der Waals surface area contributed by atoms with Gasteiger partial charge in [-0.15, -0.1) is 0 Å². The first-order chi connectivity index (χ1) is 15.6. The molecule has 0 aromatic heterocycles. The molecule has 0 atom stereocenters. The predicted molar refractivity (Wildman–Crippen MR) is 127 cm³/mol. The molecule has 7 nitrogen and oxygen atoms in total. The van der Waals surface area contributed by atoms with Gasteiger partial charge in [-0.05, 0) is 61.6 Å². The van der Waals surface area contributed by atoms with E-state index in [0.717, 1.165) is 27.8 Å². The molecule has 0 saturated heterocycles. The van der Waals surface area contributed by atoms with Crippen molar-refractivity contribution in [2.24, 2.45) is 0 Å². The molecule has 33 heavy (non-hydrogen) atoms. The maximum atomic E-state index is 11.9. The van der Waals surface area contributed by atoms with E-state index in [-0.39, 0.29) is 5.69 Å². The first kappa shape index (κ1) is 23.8. The Morgan fingerprint density at radius 3 is 2.36 bits per heavy atom. The molecule has 0 aliphatic heterocycles. The Kier molecular flexibility index (Phi) is 7.33. The third-order valence-electron chi connectivity index (χ3n) is 4.87. The molecule has 3 aromatic carbocycles. The summed E-state index contributed by atoms with van der Waals surface area (Å²) in [6, 6.07) is 20.3. The summed E-state index contributed by atoms with van der Waals surface area (Å²) in [4.78, 5) is 22.7. The van der Waals surface area contributed by atoms with Gasteiger partial charge in [-0.2, -0.15) is 0 Å². The average molecular weight is 449 g/mol. The quantitative estimate of drug-likeness (QED) is 0.360. The molecule has 3 aromatic rings. The normalized spacial score (nSPS) is 11.0. The molecule has 0 aliphatic rings. The molecule has 0 radical (unpaired) electrons. The summed E-state index contributed by atoms with van der Waals surface area (Å²) < 4.78 is 10.8. The summed E-state index contributed by atoms with van der Waals surface area (Å²) in [6.07, 6.45) is 0.205. The fraction of sp³-hybridized carbons (Fsp3) is 0.269. The minimum atomic E-state index is -0.544. The van der Waals surface area contributed by atoms with E-state index in [9.17, 15) is 14.9 Å². The molecule has 1 N–H and O–H groups in total. The number of hydrogen-bond donors (Lipinski definition) is 1. The highest BCUT2D eigenvalue weighted by Gasteiger charge is 2.16. The van der Waals surface area contributed by atoms with Gasteiger partial charge in [0.05, 0.1) is 12.0 Å². The minimum Gasteiger partial charge on any atom is -0.496 e. The van der Waals surface area contributed by atoms with Crippen molar-refractivity contribution in [1.29, 1.82) is 0 Å². The van der Waals surface area contributed by atoms with Crippen molar-refractivity contribution in [1.82, 2.24) is 5.32 Å². The maximum absolute atomic E-state index is 11.9. The summed E-state index contributed by atoms with van der Waals surface area (Å²) in [6.45, 7) is 5.84. The van der Waals surface area contributed by atoms with Gasteiger partial charge in [0, 0.05) is 24.2 Å². The minimum absolute atomic E-state index is 0.0325. The molecule has 0 heterocycles. The Bertz CT molecular complexity index is 1150. The van der Waals surface area contributed by atoms with Crippen LogP contribution in [0, 0.1) is 10.1 Å². The van der Waals surface area contributed by atoms with E-state index in [1.54, 1.807) is 19.2 Å². The van der Waals surface area contributed by atoms with Crippen LogP contribution in [0.4, 0.5) is 10.5 Å². The lowest BCUT2D eigenvalue weighted by Gasteiger charge is -2.19. The van der Waals surface area contributed by atoms with Gasteiger partial charge in [-0.3, -0.25) is 10.1 Å². The lowest BCUT2D eigenvalue weighted by Crippen LogP contribution is -2.32. The van der Waals surface area contributed by atoms with Crippen molar-refractivity contribution >= 4 is 11.8 Å². The second-order valence-corrected chi connectivity index (χ2v) is 8.69. The summed E-state index contributed by atoms with van der Waals surface area (Å²) in [7, 11) is 1.58. The van der Waals surface area contributed by atoms with Gasteiger partial charge < -0.3 is 14.8 Å². The van der Waals surface area contributed by atoms with Gasteiger partial charge in [-0.25, -0.2) is 4.79 Å². The Morgan fingerprint density at radius 2 is 1.67 bits per heavy atom. The number of benzene rings is 3. The smallest absolute Gasteiger partial charge is 0.407 e. The van der Waals surface area contributed by atoms with Crippen LogP contribution in [0.2, 0.25) is 0 Å². The molecule has 0 fully saturated rings. The van der Waals surface area contributed by atoms with Crippen LogP contribution in [-0.2, 0) is 17.7 Å². The third kappa shape index (κ3) is 6.80. The number of nitrogens with one attached hydrogen (secondary N) is 1. The number of alkyl carbamates (subject to hydrolysis) is 1. The van der Waals surface area contributed by atoms with Crippen LogP contribution in [0.5, 0.6) is 5.75 Å². The summed E-state index contributed by atoms with van der Waals surface area (Å²) in [5.41, 5.74) is 4.08. The highest BCUT2D eigenvalue weighted by atomic mass is 16.6. The van der Waals surface area contributed by atoms with Gasteiger partial charge in [0.25, 0.3) is 5.69 Å². The largest absolute Gasteiger partial charge is 0.496 e. The van der Waals surface area contributed by atoms with Gasteiger partial charge in [0.1, 0.15) is 11.4 Å². The zero-order valence-corrected chi connectivity index (χ0v) is 19.3. The molecular weight excluding hydrogens is 420 g/mol. The summed E-state index contributed by atoms with van der Waals surface area (Å²) in [5.74, 6) is 0.648. The number of amides is 1. The van der Waals surface area contributed by atoms with Crippen LogP contribution in [-0.4, -0.2) is 23.7 Å². The number of nitrogens with zero attached hydrogens (tertiary/aromatic N) is 1. The molecule has 0 unspecified atom stereocenters. The Hall–Kier alpha value is -3.87. The first-order valence-electron chi connectivity index (χ1n) is 10.6. The maximum Gasteiger partial charge on any atom is 0.407 e. The predicted octanol–water partition coefficient (Wildman–Crippen LogP) is 5.89. The number of ether oxygens (including phenoxy) is 2. The Labute approximate surface area is 193 Å². The number of nitro benzene ring substituents is 1. The van der Waals surface area contributed by atoms with Crippen LogP contribution >= 0.6 is 0 Å². The van der Waals surface area contributed by atoms with E-state index >= 15 is 0 Å². The van der Waals surface area contributed by atoms with E-state index < -0.39 is 16.6 Å². The van der Waals surface area contributed by atoms with Gasteiger partial charge in [-0.1, -0.05) is 42.5 Å². The fourth-order valence-corrected chi connectivity index (χ4v) is 3.45. The SMILES string of the molecule is COc1ccc(Cc2cccc(CNC(=O)OC(C)(C)C)c2)cc1-c1cccc([N+](=O)[O-])c1. The molecule has 7 heteroatoms. The zero-order valence-electron chi connectivity index (χ0n) is 19.3. The summed E-state index contributed by atoms with van der Waals surface area (Å²) in [5, 5.41) is 14.0. The zero-order chi connectivity index (χ0) is 24.0. The number of non-ortho nitro benzene ring substituents is 1. The Morgan fingerprint density at radius 1 is 0.970 bits per heavy atom. The molecule has 0 aliphatic carbocycles. The Balaban J connectivity index is 1.78. The second kappa shape index (κ2) is 10.2. The molecule has 172 valence electrons. The highest BCUT2D eigenvalue weighted by molar-refractivity contribution is 5.73. The van der Waals surface area contributed by atoms with Gasteiger partial charge in [0.15, 0.2) is 0 Å². The fourth-order valence-electron chi connectivity index (χ4n) is 3.45. The highest BCUT2D eigenvalue weighted by Crippen LogP contribution is 2.33. The van der Waals surface area contributed by atoms with E-state index in [1.165, 1.54) is 6.07 Å². The number of methoxy groups -OCH3 is 1. The van der Waals surface area contributed by atoms with E-state index in [4.69, 9.17) is 9.47 Å². The number of hydrogen-bond acceptors (Lipinski definition) is 5. The van der Waals surface area contributed by atoms with Crippen molar-refractivity contribution in [3.63, 3.8) is 0 Å². The number of rotatable bonds is 7. The molecular formula is C26H28N2O5. The van der Waals surface area contributed by atoms with Crippen molar-refractivity contribution in [2.75, 3.05) is 7.11 Å². The number of nitro groups is 1. The van der Waals surface area contributed by atoms with Crippen molar-refractivity contribution < 1.29 is 19.2 Å². The lowest BCUT2D eigenvalue weighted by molar-refractivity contribution is -0.384. The van der Waals surface area contributed by atoms with E-state index in [2.05, 4.69) is 5.32 Å². The average Bonchev–Trinajstić information content (AvgIpc) is 2.77. The van der Waals surface area contributed by atoms with Crippen molar-refractivity contribution in [3.8, 4) is 16.9 Å². The van der Waals surface area contributed by atoms with E-state index in [1.807, 2.05) is 69.3 Å². The third-order valence-corrected chi connectivity index (χ3v) is 4.87. The molecule has 1 amide bonds. The topological polar surface area (TPSA) is 90.7 Å². The van der Waals surface area contributed by atoms with Crippen LogP contribution in [0.1, 0.15) is 37.5 Å². The van der Waals surface area contributed by atoms with Gasteiger partial charge >= 0.3 is 6.09 Å². The van der Waals surface area contributed by atoms with Gasteiger partial charge in [0.2, 0.25) is 0 Å². The van der Waals surface area contributed by atoms with E-state index in [0.29, 0.717) is 18.7 Å². The van der Waals surface area contributed by atoms with Crippen LogP contribution < -0.4 is 10.1 Å². The molecule has 0 saturated carbocycles. The van der Waals surface area contributed by atoms with Crippen LogP contribution in [0.25, 0.3) is 11.1 Å². The van der Waals surface area contributed by atoms with Crippen molar-refractivity contribution in [2.45, 2.75) is 39.3 Å². The lowest BCUT2D eigenvalue weighted by atomic mass is 9.97. The summed E-state index contributed by atoms with van der Waals surface area (Å²) >= 11 is 0. The molecule has 0 spiro atoms. The molecule has 0 bridgehead atoms. The number of carbonyl (C=O) groups excluding carboxylic acids is 1.